The Hall–Kier alpha value is -2.05. The highest BCUT2D eigenvalue weighted by Crippen LogP contribution is 2.19. The number of hydrogen-bond donors (Lipinski definition) is 2. The van der Waals surface area contributed by atoms with E-state index < -0.39 is 17.7 Å². The lowest BCUT2D eigenvalue weighted by atomic mass is 10.0. The first-order valence-corrected chi connectivity index (χ1v) is 6.87. The zero-order chi connectivity index (χ0) is 16.1. The monoisotopic (exact) mass is 308 g/mol. The highest BCUT2D eigenvalue weighted by molar-refractivity contribution is 5.21. The average molecular weight is 308 g/mol. The first kappa shape index (κ1) is 16.3. The van der Waals surface area contributed by atoms with Crippen molar-refractivity contribution >= 4 is 0 Å². The average Bonchev–Trinajstić information content (AvgIpc) is 2.54. The van der Waals surface area contributed by atoms with Crippen molar-refractivity contribution < 1.29 is 18.6 Å². The second-order valence-electron chi connectivity index (χ2n) is 4.96. The van der Waals surface area contributed by atoms with Crippen LogP contribution in [0.3, 0.4) is 0 Å². The maximum atomic E-state index is 13.2. The molecule has 2 aromatic rings. The number of hydrogen-bond acceptors (Lipinski definition) is 4. The zero-order valence-electron chi connectivity index (χ0n) is 12.4. The molecule has 0 unspecified atom stereocenters. The summed E-state index contributed by atoms with van der Waals surface area (Å²) >= 11 is 0. The van der Waals surface area contributed by atoms with E-state index in [2.05, 4.69) is 10.3 Å². The van der Waals surface area contributed by atoms with Crippen LogP contribution < -0.4 is 10.1 Å². The van der Waals surface area contributed by atoms with Crippen LogP contribution in [0.2, 0.25) is 0 Å². The number of aliphatic hydroxyl groups excluding tert-OH is 1. The maximum absolute atomic E-state index is 13.2. The molecule has 1 aromatic carbocycles. The van der Waals surface area contributed by atoms with Gasteiger partial charge < -0.3 is 15.2 Å². The Morgan fingerprint density at radius 1 is 1.23 bits per heavy atom. The van der Waals surface area contributed by atoms with Gasteiger partial charge in [-0.05, 0) is 30.7 Å². The Labute approximate surface area is 127 Å². The van der Waals surface area contributed by atoms with E-state index in [-0.39, 0.29) is 6.04 Å². The zero-order valence-corrected chi connectivity index (χ0v) is 12.4. The van der Waals surface area contributed by atoms with Gasteiger partial charge in [0.2, 0.25) is 5.88 Å². The lowest BCUT2D eigenvalue weighted by Gasteiger charge is -2.20. The third-order valence-electron chi connectivity index (χ3n) is 3.35. The van der Waals surface area contributed by atoms with Gasteiger partial charge in [-0.15, -0.1) is 0 Å². The Morgan fingerprint density at radius 2 is 2.00 bits per heavy atom. The molecule has 0 fully saturated rings. The molecule has 1 aromatic heterocycles. The Balaban J connectivity index is 1.98. The number of halogens is 2. The molecular formula is C16H18F2N2O2. The van der Waals surface area contributed by atoms with Crippen LogP contribution in [0.5, 0.6) is 5.88 Å². The lowest BCUT2D eigenvalue weighted by Crippen LogP contribution is -2.32. The van der Waals surface area contributed by atoms with Gasteiger partial charge in [0.15, 0.2) is 11.6 Å². The molecule has 0 amide bonds. The fraction of sp³-hybridized carbons (Fsp3) is 0.312. The summed E-state index contributed by atoms with van der Waals surface area (Å²) in [7, 11) is 1.54. The van der Waals surface area contributed by atoms with Crippen LogP contribution in [0, 0.1) is 11.6 Å². The number of nitrogens with zero attached hydrogens (tertiary/aromatic N) is 1. The summed E-state index contributed by atoms with van der Waals surface area (Å²) in [5.74, 6) is -1.40. The Kier molecular flexibility index (Phi) is 5.41. The molecule has 0 spiro atoms. The molecule has 0 aliphatic carbocycles. The molecule has 118 valence electrons. The summed E-state index contributed by atoms with van der Waals surface area (Å²) in [5, 5.41) is 13.3. The lowest BCUT2D eigenvalue weighted by molar-refractivity contribution is 0.134. The molecule has 1 heterocycles. The maximum Gasteiger partial charge on any atom is 0.213 e. The van der Waals surface area contributed by atoms with Gasteiger partial charge in [0, 0.05) is 18.7 Å². The van der Waals surface area contributed by atoms with Gasteiger partial charge >= 0.3 is 0 Å². The summed E-state index contributed by atoms with van der Waals surface area (Å²) in [6.45, 7) is 2.17. The van der Waals surface area contributed by atoms with E-state index in [0.29, 0.717) is 18.0 Å². The minimum Gasteiger partial charge on any atom is -0.481 e. The molecule has 0 aliphatic heterocycles. The van der Waals surface area contributed by atoms with Crippen LogP contribution in [-0.2, 0) is 6.54 Å². The number of pyridine rings is 1. The predicted molar refractivity (Wildman–Crippen MR) is 78.4 cm³/mol. The second-order valence-corrected chi connectivity index (χ2v) is 4.96. The molecule has 22 heavy (non-hydrogen) atoms. The number of ether oxygens (including phenoxy) is 1. The molecule has 6 heteroatoms. The molecular weight excluding hydrogens is 290 g/mol. The van der Waals surface area contributed by atoms with Crippen LogP contribution in [0.25, 0.3) is 0 Å². The number of aromatic nitrogens is 1. The minimum absolute atomic E-state index is 0.317. The van der Waals surface area contributed by atoms with Crippen LogP contribution in [-0.4, -0.2) is 23.2 Å². The quantitative estimate of drug-likeness (QED) is 0.861. The van der Waals surface area contributed by atoms with Crippen molar-refractivity contribution in [2.24, 2.45) is 0 Å². The largest absolute Gasteiger partial charge is 0.481 e. The third-order valence-corrected chi connectivity index (χ3v) is 3.35. The topological polar surface area (TPSA) is 54.4 Å². The number of nitrogens with one attached hydrogen (secondary N) is 1. The van der Waals surface area contributed by atoms with Crippen LogP contribution >= 0.6 is 0 Å². The van der Waals surface area contributed by atoms with Crippen molar-refractivity contribution in [1.29, 1.82) is 0 Å². The SMILES string of the molecule is COc1cccc(CN[C@@H](C)[C@H](O)c2ccc(F)c(F)c2)n1. The summed E-state index contributed by atoms with van der Waals surface area (Å²) in [5.41, 5.74) is 1.07. The van der Waals surface area contributed by atoms with Crippen molar-refractivity contribution in [1.82, 2.24) is 10.3 Å². The van der Waals surface area contributed by atoms with Crippen molar-refractivity contribution in [3.8, 4) is 5.88 Å². The van der Waals surface area contributed by atoms with E-state index in [0.717, 1.165) is 17.8 Å². The van der Waals surface area contributed by atoms with Gasteiger partial charge in [0.1, 0.15) is 0 Å². The minimum atomic E-state index is -0.974. The summed E-state index contributed by atoms with van der Waals surface area (Å²) in [4.78, 5) is 4.25. The van der Waals surface area contributed by atoms with E-state index >= 15 is 0 Å². The number of benzene rings is 1. The molecule has 2 rings (SSSR count). The van der Waals surface area contributed by atoms with E-state index in [9.17, 15) is 13.9 Å². The highest BCUT2D eigenvalue weighted by Gasteiger charge is 2.17. The fourth-order valence-corrected chi connectivity index (χ4v) is 2.03. The van der Waals surface area contributed by atoms with E-state index in [4.69, 9.17) is 4.74 Å². The van der Waals surface area contributed by atoms with Gasteiger partial charge in [-0.2, -0.15) is 0 Å². The normalized spacial score (nSPS) is 13.7. The summed E-state index contributed by atoms with van der Waals surface area (Å²) in [6, 6.07) is 8.39. The van der Waals surface area contributed by atoms with Gasteiger partial charge in [0.25, 0.3) is 0 Å². The standard InChI is InChI=1S/C16H18F2N2O2/c1-10(16(21)11-6-7-13(17)14(18)8-11)19-9-12-4-3-5-15(20-12)22-2/h3-8,10,16,19,21H,9H2,1-2H3/t10-,16-/m0/s1. The van der Waals surface area contributed by atoms with Crippen LogP contribution in [0.15, 0.2) is 36.4 Å². The van der Waals surface area contributed by atoms with E-state index in [1.807, 2.05) is 12.1 Å². The van der Waals surface area contributed by atoms with Gasteiger partial charge in [-0.3, -0.25) is 0 Å². The molecule has 0 bridgehead atoms. The second kappa shape index (κ2) is 7.29. The molecule has 0 radical (unpaired) electrons. The predicted octanol–water partition coefficient (Wildman–Crippen LogP) is 2.58. The van der Waals surface area contributed by atoms with Gasteiger partial charge in [-0.1, -0.05) is 12.1 Å². The van der Waals surface area contributed by atoms with E-state index in [1.54, 1.807) is 13.0 Å². The smallest absolute Gasteiger partial charge is 0.213 e. The molecule has 2 N–H and O–H groups in total. The van der Waals surface area contributed by atoms with Crippen LogP contribution in [0.4, 0.5) is 8.78 Å². The summed E-state index contributed by atoms with van der Waals surface area (Å²) < 4.78 is 31.2. The van der Waals surface area contributed by atoms with Gasteiger partial charge in [-0.25, -0.2) is 13.8 Å². The molecule has 0 aliphatic rings. The summed E-state index contributed by atoms with van der Waals surface area (Å²) in [6.07, 6.45) is -0.958. The van der Waals surface area contributed by atoms with Crippen LogP contribution in [0.1, 0.15) is 24.3 Å². The Morgan fingerprint density at radius 3 is 2.68 bits per heavy atom. The van der Waals surface area contributed by atoms with Crippen molar-refractivity contribution in [2.75, 3.05) is 7.11 Å². The molecule has 2 atom stereocenters. The molecule has 0 saturated heterocycles. The first-order chi connectivity index (χ1) is 10.5. The van der Waals surface area contributed by atoms with Crippen molar-refractivity contribution in [3.63, 3.8) is 0 Å². The molecule has 0 saturated carbocycles. The van der Waals surface area contributed by atoms with E-state index in [1.165, 1.54) is 13.2 Å². The van der Waals surface area contributed by atoms with Gasteiger partial charge in [0.05, 0.1) is 18.9 Å². The number of aliphatic hydroxyl groups is 1. The number of methoxy groups -OCH3 is 1. The number of rotatable bonds is 6. The molecule has 4 nitrogen and oxygen atoms in total. The third kappa shape index (κ3) is 3.99. The fourth-order valence-electron chi connectivity index (χ4n) is 2.03. The van der Waals surface area contributed by atoms with Crippen molar-refractivity contribution in [3.05, 3.63) is 59.3 Å². The Bertz CT molecular complexity index is 637. The highest BCUT2D eigenvalue weighted by atomic mass is 19.2. The van der Waals surface area contributed by atoms with Crippen molar-refractivity contribution in [2.45, 2.75) is 25.6 Å². The first-order valence-electron chi connectivity index (χ1n) is 6.87.